The summed E-state index contributed by atoms with van der Waals surface area (Å²) in [5.74, 6) is -0.676. The van der Waals surface area contributed by atoms with Crippen molar-refractivity contribution in [3.63, 3.8) is 0 Å². The topological polar surface area (TPSA) is 69.6 Å². The number of fused-ring (bicyclic) bond motifs is 1. The first-order chi connectivity index (χ1) is 10.6. The van der Waals surface area contributed by atoms with E-state index in [0.29, 0.717) is 19.4 Å². The lowest BCUT2D eigenvalue weighted by atomic mass is 10.0. The molecule has 1 aliphatic heterocycles. The van der Waals surface area contributed by atoms with Gasteiger partial charge in [0.25, 0.3) is 0 Å². The van der Waals surface area contributed by atoms with Crippen LogP contribution in [0.5, 0.6) is 0 Å². The molecule has 0 radical (unpaired) electrons. The van der Waals surface area contributed by atoms with Gasteiger partial charge in [0.05, 0.1) is 12.0 Å². The van der Waals surface area contributed by atoms with E-state index in [1.165, 1.54) is 5.56 Å². The maximum Gasteiger partial charge on any atom is 0.249 e. The SMILES string of the molecule is CC(NC(=O)C1CCCC1O)C(=O)N1CCc2ccccc21. The van der Waals surface area contributed by atoms with Crippen molar-refractivity contribution in [3.8, 4) is 0 Å². The fourth-order valence-electron chi connectivity index (χ4n) is 3.43. The number of aliphatic hydroxyl groups excluding tert-OH is 1. The van der Waals surface area contributed by atoms with Crippen LogP contribution in [0.3, 0.4) is 0 Å². The Balaban J connectivity index is 1.64. The molecule has 118 valence electrons. The predicted octanol–water partition coefficient (Wildman–Crippen LogP) is 1.24. The summed E-state index contributed by atoms with van der Waals surface area (Å²) in [7, 11) is 0. The van der Waals surface area contributed by atoms with Crippen molar-refractivity contribution in [1.29, 1.82) is 0 Å². The van der Waals surface area contributed by atoms with Crippen LogP contribution in [0, 0.1) is 5.92 Å². The number of hydrogen-bond donors (Lipinski definition) is 2. The van der Waals surface area contributed by atoms with Crippen LogP contribution < -0.4 is 10.2 Å². The molecular weight excluding hydrogens is 280 g/mol. The molecule has 2 N–H and O–H groups in total. The number of benzene rings is 1. The number of carbonyl (C=O) groups excluding carboxylic acids is 2. The van der Waals surface area contributed by atoms with Gasteiger partial charge in [-0.05, 0) is 44.2 Å². The molecule has 5 nitrogen and oxygen atoms in total. The molecule has 1 aromatic rings. The zero-order valence-corrected chi connectivity index (χ0v) is 12.8. The zero-order valence-electron chi connectivity index (χ0n) is 12.8. The molecule has 2 amide bonds. The smallest absolute Gasteiger partial charge is 0.249 e. The molecular formula is C17H22N2O3. The molecule has 0 saturated heterocycles. The molecule has 2 aliphatic rings. The van der Waals surface area contributed by atoms with Crippen molar-refractivity contribution in [1.82, 2.24) is 5.32 Å². The summed E-state index contributed by atoms with van der Waals surface area (Å²) in [6.07, 6.45) is 2.50. The lowest BCUT2D eigenvalue weighted by Crippen LogP contribution is -2.49. The number of nitrogens with one attached hydrogen (secondary N) is 1. The van der Waals surface area contributed by atoms with Crippen molar-refractivity contribution < 1.29 is 14.7 Å². The van der Waals surface area contributed by atoms with E-state index < -0.39 is 12.1 Å². The molecule has 1 aromatic carbocycles. The first kappa shape index (κ1) is 15.0. The van der Waals surface area contributed by atoms with Gasteiger partial charge in [-0.15, -0.1) is 0 Å². The molecule has 0 bridgehead atoms. The van der Waals surface area contributed by atoms with E-state index in [1.54, 1.807) is 11.8 Å². The summed E-state index contributed by atoms with van der Waals surface area (Å²) >= 11 is 0. The maximum atomic E-state index is 12.6. The Kier molecular flexibility index (Phi) is 4.16. The minimum atomic E-state index is -0.577. The summed E-state index contributed by atoms with van der Waals surface area (Å²) in [6, 6.07) is 7.28. The second-order valence-corrected chi connectivity index (χ2v) is 6.20. The second kappa shape index (κ2) is 6.08. The lowest BCUT2D eigenvalue weighted by Gasteiger charge is -2.24. The van der Waals surface area contributed by atoms with Gasteiger partial charge in [-0.3, -0.25) is 9.59 Å². The summed E-state index contributed by atoms with van der Waals surface area (Å²) in [6.45, 7) is 2.37. The quantitative estimate of drug-likeness (QED) is 0.882. The number of amides is 2. The van der Waals surface area contributed by atoms with Crippen LogP contribution in [0.15, 0.2) is 24.3 Å². The van der Waals surface area contributed by atoms with Gasteiger partial charge in [-0.2, -0.15) is 0 Å². The molecule has 3 atom stereocenters. The number of anilines is 1. The number of hydrogen-bond acceptors (Lipinski definition) is 3. The molecule has 1 heterocycles. The second-order valence-electron chi connectivity index (χ2n) is 6.20. The van der Waals surface area contributed by atoms with Gasteiger partial charge in [0.2, 0.25) is 11.8 Å². The van der Waals surface area contributed by atoms with E-state index in [2.05, 4.69) is 5.32 Å². The van der Waals surface area contributed by atoms with E-state index >= 15 is 0 Å². The number of nitrogens with zero attached hydrogens (tertiary/aromatic N) is 1. The Labute approximate surface area is 130 Å². The van der Waals surface area contributed by atoms with Crippen molar-refractivity contribution in [3.05, 3.63) is 29.8 Å². The number of carbonyl (C=O) groups is 2. The molecule has 22 heavy (non-hydrogen) atoms. The van der Waals surface area contributed by atoms with E-state index in [1.807, 2.05) is 24.3 Å². The minimum absolute atomic E-state index is 0.0919. The predicted molar refractivity (Wildman–Crippen MR) is 83.5 cm³/mol. The molecule has 5 heteroatoms. The van der Waals surface area contributed by atoms with Gasteiger partial charge >= 0.3 is 0 Å². The Morgan fingerprint density at radius 1 is 1.32 bits per heavy atom. The Hall–Kier alpha value is -1.88. The largest absolute Gasteiger partial charge is 0.392 e. The van der Waals surface area contributed by atoms with Gasteiger partial charge in [0.1, 0.15) is 6.04 Å². The molecule has 1 saturated carbocycles. The van der Waals surface area contributed by atoms with Crippen molar-refractivity contribution in [2.45, 2.75) is 44.8 Å². The van der Waals surface area contributed by atoms with Gasteiger partial charge in [-0.1, -0.05) is 18.2 Å². The highest BCUT2D eigenvalue weighted by Gasteiger charge is 2.34. The molecule has 0 aromatic heterocycles. The third-order valence-electron chi connectivity index (χ3n) is 4.70. The molecule has 1 aliphatic carbocycles. The van der Waals surface area contributed by atoms with Gasteiger partial charge < -0.3 is 15.3 Å². The Morgan fingerprint density at radius 3 is 2.82 bits per heavy atom. The number of aliphatic hydroxyl groups is 1. The number of para-hydroxylation sites is 1. The fraction of sp³-hybridized carbons (Fsp3) is 0.529. The van der Waals surface area contributed by atoms with Crippen molar-refractivity contribution in [2.75, 3.05) is 11.4 Å². The first-order valence-electron chi connectivity index (χ1n) is 7.95. The summed E-state index contributed by atoms with van der Waals surface area (Å²) < 4.78 is 0. The van der Waals surface area contributed by atoms with Crippen LogP contribution in [0.1, 0.15) is 31.7 Å². The highest BCUT2D eigenvalue weighted by Crippen LogP contribution is 2.28. The van der Waals surface area contributed by atoms with Crippen molar-refractivity contribution >= 4 is 17.5 Å². The van der Waals surface area contributed by atoms with Crippen LogP contribution in [-0.4, -0.2) is 35.6 Å². The average molecular weight is 302 g/mol. The van der Waals surface area contributed by atoms with E-state index in [-0.39, 0.29) is 17.7 Å². The third-order valence-corrected chi connectivity index (χ3v) is 4.70. The zero-order chi connectivity index (χ0) is 15.7. The average Bonchev–Trinajstić information content (AvgIpc) is 3.12. The summed E-state index contributed by atoms with van der Waals surface area (Å²) in [5, 5.41) is 12.6. The monoisotopic (exact) mass is 302 g/mol. The molecule has 1 fully saturated rings. The maximum absolute atomic E-state index is 12.6. The molecule has 3 unspecified atom stereocenters. The highest BCUT2D eigenvalue weighted by atomic mass is 16.3. The first-order valence-corrected chi connectivity index (χ1v) is 7.95. The number of rotatable bonds is 3. The Morgan fingerprint density at radius 2 is 2.09 bits per heavy atom. The normalized spacial score (nSPS) is 24.9. The van der Waals surface area contributed by atoms with Gasteiger partial charge in [0, 0.05) is 12.2 Å². The van der Waals surface area contributed by atoms with Crippen LogP contribution >= 0.6 is 0 Å². The van der Waals surface area contributed by atoms with E-state index in [9.17, 15) is 14.7 Å². The lowest BCUT2D eigenvalue weighted by molar-refractivity contribution is -0.131. The van der Waals surface area contributed by atoms with Crippen molar-refractivity contribution in [2.24, 2.45) is 5.92 Å². The van der Waals surface area contributed by atoms with Crippen LogP contribution in [0.4, 0.5) is 5.69 Å². The minimum Gasteiger partial charge on any atom is -0.392 e. The van der Waals surface area contributed by atoms with Crippen LogP contribution in [0.2, 0.25) is 0 Å². The van der Waals surface area contributed by atoms with E-state index in [0.717, 1.165) is 18.5 Å². The third kappa shape index (κ3) is 2.73. The summed E-state index contributed by atoms with van der Waals surface area (Å²) in [5.41, 5.74) is 2.11. The summed E-state index contributed by atoms with van der Waals surface area (Å²) in [4.78, 5) is 26.5. The highest BCUT2D eigenvalue weighted by molar-refractivity contribution is 6.00. The van der Waals surface area contributed by atoms with Crippen LogP contribution in [0.25, 0.3) is 0 Å². The molecule has 3 rings (SSSR count). The van der Waals surface area contributed by atoms with Gasteiger partial charge in [0.15, 0.2) is 0 Å². The molecule has 0 spiro atoms. The van der Waals surface area contributed by atoms with Crippen LogP contribution in [-0.2, 0) is 16.0 Å². The van der Waals surface area contributed by atoms with Gasteiger partial charge in [-0.25, -0.2) is 0 Å². The fourth-order valence-corrected chi connectivity index (χ4v) is 3.43. The Bertz CT molecular complexity index is 587. The standard InChI is InChI=1S/C17H22N2O3/c1-11(18-16(21)13-6-4-8-15(13)20)17(22)19-10-9-12-5-2-3-7-14(12)19/h2-3,5,7,11,13,15,20H,4,6,8-10H2,1H3,(H,18,21). The van der Waals surface area contributed by atoms with E-state index in [4.69, 9.17) is 0 Å².